The molecule has 1 atom stereocenters. The van der Waals surface area contributed by atoms with Crippen molar-refractivity contribution in [3.8, 4) is 0 Å². The average Bonchev–Trinajstić information content (AvgIpc) is 2.95. The Morgan fingerprint density at radius 3 is 2.00 bits per heavy atom. The molecule has 3 rings (SSSR count). The highest BCUT2D eigenvalue weighted by molar-refractivity contribution is 5.88. The van der Waals surface area contributed by atoms with Gasteiger partial charge in [-0.1, -0.05) is 60.7 Å². The first-order chi connectivity index (χ1) is 10.7. The maximum absolute atomic E-state index is 12.8. The van der Waals surface area contributed by atoms with E-state index >= 15 is 0 Å². The monoisotopic (exact) mass is 294 g/mol. The van der Waals surface area contributed by atoms with Crippen molar-refractivity contribution in [1.29, 1.82) is 0 Å². The molecule has 0 aliphatic carbocycles. The van der Waals surface area contributed by atoms with Crippen molar-refractivity contribution in [3.05, 3.63) is 71.8 Å². The summed E-state index contributed by atoms with van der Waals surface area (Å²) in [6.07, 6.45) is 0.349. The number of benzene rings is 2. The van der Waals surface area contributed by atoms with Gasteiger partial charge in [-0.15, -0.1) is 0 Å². The molecule has 2 aromatic carbocycles. The summed E-state index contributed by atoms with van der Waals surface area (Å²) in [6.45, 7) is 0.501. The lowest BCUT2D eigenvalue weighted by Gasteiger charge is -2.20. The summed E-state index contributed by atoms with van der Waals surface area (Å²) >= 11 is 0. The largest absolute Gasteiger partial charge is 0.354 e. The number of hydrogen-bond acceptors (Lipinski definition) is 2. The third-order valence-corrected chi connectivity index (χ3v) is 3.85. The highest BCUT2D eigenvalue weighted by Crippen LogP contribution is 2.25. The second-order valence-electron chi connectivity index (χ2n) is 5.47. The van der Waals surface area contributed by atoms with Crippen molar-refractivity contribution in [2.75, 3.05) is 6.54 Å². The second kappa shape index (κ2) is 6.43. The SMILES string of the molecule is O=C1C[C@@H](NC(=O)C(c2ccccc2)c2ccccc2)CN1. The first kappa shape index (κ1) is 14.3. The molecule has 0 radical (unpaired) electrons. The molecule has 1 aliphatic rings. The number of carbonyl (C=O) groups excluding carboxylic acids is 2. The van der Waals surface area contributed by atoms with E-state index in [1.54, 1.807) is 0 Å². The molecular formula is C18H18N2O2. The first-order valence-corrected chi connectivity index (χ1v) is 7.41. The molecule has 1 saturated heterocycles. The lowest BCUT2D eigenvalue weighted by molar-refractivity contribution is -0.122. The first-order valence-electron chi connectivity index (χ1n) is 7.41. The molecule has 2 aromatic rings. The molecule has 0 spiro atoms. The molecule has 4 heteroatoms. The van der Waals surface area contributed by atoms with Gasteiger partial charge in [-0.25, -0.2) is 0 Å². The van der Waals surface area contributed by atoms with Crippen molar-refractivity contribution in [2.24, 2.45) is 0 Å². The molecule has 1 heterocycles. The van der Waals surface area contributed by atoms with Crippen LogP contribution < -0.4 is 10.6 Å². The molecule has 2 amide bonds. The van der Waals surface area contributed by atoms with Gasteiger partial charge in [-0.3, -0.25) is 9.59 Å². The molecule has 2 N–H and O–H groups in total. The van der Waals surface area contributed by atoms with Crippen LogP contribution in [0.5, 0.6) is 0 Å². The molecular weight excluding hydrogens is 276 g/mol. The van der Waals surface area contributed by atoms with Gasteiger partial charge >= 0.3 is 0 Å². The maximum atomic E-state index is 12.8. The van der Waals surface area contributed by atoms with Gasteiger partial charge in [0.2, 0.25) is 11.8 Å². The van der Waals surface area contributed by atoms with Gasteiger partial charge in [0.1, 0.15) is 0 Å². The minimum atomic E-state index is -0.363. The van der Waals surface area contributed by atoms with Crippen LogP contribution in [0.1, 0.15) is 23.5 Å². The Morgan fingerprint density at radius 1 is 1.00 bits per heavy atom. The van der Waals surface area contributed by atoms with Gasteiger partial charge in [-0.05, 0) is 11.1 Å². The fourth-order valence-corrected chi connectivity index (χ4v) is 2.78. The van der Waals surface area contributed by atoms with Gasteiger partial charge in [0.15, 0.2) is 0 Å². The minimum Gasteiger partial charge on any atom is -0.354 e. The topological polar surface area (TPSA) is 58.2 Å². The van der Waals surface area contributed by atoms with E-state index in [4.69, 9.17) is 0 Å². The van der Waals surface area contributed by atoms with E-state index in [1.165, 1.54) is 0 Å². The van der Waals surface area contributed by atoms with E-state index in [9.17, 15) is 9.59 Å². The van der Waals surface area contributed by atoms with Crippen molar-refractivity contribution in [1.82, 2.24) is 10.6 Å². The Kier molecular flexibility index (Phi) is 4.19. The van der Waals surface area contributed by atoms with Crippen LogP contribution in [0.2, 0.25) is 0 Å². The van der Waals surface area contributed by atoms with E-state index in [-0.39, 0.29) is 23.8 Å². The third-order valence-electron chi connectivity index (χ3n) is 3.85. The van der Waals surface area contributed by atoms with Gasteiger partial charge < -0.3 is 10.6 Å². The summed E-state index contributed by atoms with van der Waals surface area (Å²) < 4.78 is 0. The molecule has 0 unspecified atom stereocenters. The lowest BCUT2D eigenvalue weighted by Crippen LogP contribution is -2.39. The number of carbonyl (C=O) groups is 2. The van der Waals surface area contributed by atoms with E-state index in [0.717, 1.165) is 11.1 Å². The maximum Gasteiger partial charge on any atom is 0.232 e. The van der Waals surface area contributed by atoms with E-state index in [0.29, 0.717) is 13.0 Å². The van der Waals surface area contributed by atoms with E-state index in [2.05, 4.69) is 10.6 Å². The normalized spacial score (nSPS) is 17.3. The van der Waals surface area contributed by atoms with Gasteiger partial charge in [0, 0.05) is 13.0 Å². The predicted octanol–water partition coefficient (Wildman–Crippen LogP) is 1.82. The second-order valence-corrected chi connectivity index (χ2v) is 5.47. The summed E-state index contributed by atoms with van der Waals surface area (Å²) in [7, 11) is 0. The van der Waals surface area contributed by atoms with Crippen LogP contribution in [0.25, 0.3) is 0 Å². The molecule has 112 valence electrons. The molecule has 4 nitrogen and oxygen atoms in total. The van der Waals surface area contributed by atoms with Gasteiger partial charge in [-0.2, -0.15) is 0 Å². The molecule has 1 aliphatic heterocycles. The summed E-state index contributed by atoms with van der Waals surface area (Å²) in [5.41, 5.74) is 1.90. The smallest absolute Gasteiger partial charge is 0.232 e. The zero-order valence-electron chi connectivity index (χ0n) is 12.2. The predicted molar refractivity (Wildman–Crippen MR) is 84.3 cm³/mol. The van der Waals surface area contributed by atoms with Gasteiger partial charge in [0.05, 0.1) is 12.0 Å². The van der Waals surface area contributed by atoms with Crippen LogP contribution >= 0.6 is 0 Å². The number of hydrogen-bond donors (Lipinski definition) is 2. The Labute approximate surface area is 129 Å². The zero-order chi connectivity index (χ0) is 15.4. The molecule has 0 bridgehead atoms. The molecule has 0 aromatic heterocycles. The Balaban J connectivity index is 1.85. The minimum absolute atomic E-state index is 0.0127. The summed E-state index contributed by atoms with van der Waals surface area (Å²) in [6, 6.07) is 19.3. The summed E-state index contributed by atoms with van der Waals surface area (Å²) in [5.74, 6) is -0.446. The Morgan fingerprint density at radius 2 is 1.55 bits per heavy atom. The van der Waals surface area contributed by atoms with Crippen LogP contribution in [-0.4, -0.2) is 24.4 Å². The molecule has 1 fully saturated rings. The fraction of sp³-hybridized carbons (Fsp3) is 0.222. The number of rotatable bonds is 4. The van der Waals surface area contributed by atoms with Crippen molar-refractivity contribution in [3.63, 3.8) is 0 Å². The van der Waals surface area contributed by atoms with Crippen LogP contribution in [-0.2, 0) is 9.59 Å². The van der Waals surface area contributed by atoms with Gasteiger partial charge in [0.25, 0.3) is 0 Å². The molecule has 22 heavy (non-hydrogen) atoms. The van der Waals surface area contributed by atoms with Crippen molar-refractivity contribution in [2.45, 2.75) is 18.4 Å². The van der Waals surface area contributed by atoms with Crippen LogP contribution in [0.3, 0.4) is 0 Å². The highest BCUT2D eigenvalue weighted by atomic mass is 16.2. The summed E-state index contributed by atoms with van der Waals surface area (Å²) in [4.78, 5) is 24.0. The molecule has 0 saturated carbocycles. The Hall–Kier alpha value is -2.62. The quantitative estimate of drug-likeness (QED) is 0.903. The lowest BCUT2D eigenvalue weighted by atomic mass is 9.90. The Bertz CT molecular complexity index is 616. The fourth-order valence-electron chi connectivity index (χ4n) is 2.78. The van der Waals surface area contributed by atoms with Crippen molar-refractivity contribution >= 4 is 11.8 Å². The number of amides is 2. The van der Waals surface area contributed by atoms with Crippen molar-refractivity contribution < 1.29 is 9.59 Å². The van der Waals surface area contributed by atoms with E-state index < -0.39 is 0 Å². The number of nitrogens with one attached hydrogen (secondary N) is 2. The standard InChI is InChI=1S/C18H18N2O2/c21-16-11-15(12-19-16)20-18(22)17(13-7-3-1-4-8-13)14-9-5-2-6-10-14/h1-10,15,17H,11-12H2,(H,19,21)(H,20,22)/t15-/m1/s1. The summed E-state index contributed by atoms with van der Waals surface area (Å²) in [5, 5.41) is 5.72. The zero-order valence-corrected chi connectivity index (χ0v) is 12.2. The van der Waals surface area contributed by atoms with E-state index in [1.807, 2.05) is 60.7 Å². The average molecular weight is 294 g/mol. The van der Waals surface area contributed by atoms with Crippen LogP contribution in [0.4, 0.5) is 0 Å². The highest BCUT2D eigenvalue weighted by Gasteiger charge is 2.28. The third kappa shape index (κ3) is 3.17. The van der Waals surface area contributed by atoms with Crippen LogP contribution in [0.15, 0.2) is 60.7 Å². The van der Waals surface area contributed by atoms with Crippen LogP contribution in [0, 0.1) is 0 Å².